The van der Waals surface area contributed by atoms with E-state index in [1.54, 1.807) is 6.20 Å². The van der Waals surface area contributed by atoms with Gasteiger partial charge in [0, 0.05) is 6.20 Å². The Kier molecular flexibility index (Phi) is 4.06. The molecule has 3 N–H and O–H groups in total. The molecule has 2 aromatic rings. The molecule has 0 saturated carbocycles. The molecule has 0 atom stereocenters. The Morgan fingerprint density at radius 3 is 2.86 bits per heavy atom. The highest BCUT2D eigenvalue weighted by molar-refractivity contribution is 5.94. The molecule has 1 aliphatic heterocycles. The van der Waals surface area contributed by atoms with Crippen molar-refractivity contribution in [1.29, 1.82) is 0 Å². The number of hydrogen-bond donors (Lipinski definition) is 3. The van der Waals surface area contributed by atoms with Crippen LogP contribution in [0.5, 0.6) is 0 Å². The lowest BCUT2D eigenvalue weighted by molar-refractivity contribution is 0.0698. The van der Waals surface area contributed by atoms with Gasteiger partial charge >= 0.3 is 5.97 Å². The maximum absolute atomic E-state index is 11.3. The first kappa shape index (κ1) is 14.5. The number of aromatic nitrogens is 3. The molecular weight excluding hydrogens is 282 g/mol. The van der Waals surface area contributed by atoms with Gasteiger partial charge in [-0.25, -0.2) is 4.79 Å². The predicted octanol–water partition coefficient (Wildman–Crippen LogP) is 1.95. The largest absolute Gasteiger partial charge is 0.478 e. The first-order chi connectivity index (χ1) is 10.7. The third kappa shape index (κ3) is 2.80. The monoisotopic (exact) mass is 301 g/mol. The zero-order chi connectivity index (χ0) is 15.5. The molecule has 3 rings (SSSR count). The van der Waals surface area contributed by atoms with Gasteiger partial charge in [0.15, 0.2) is 0 Å². The second kappa shape index (κ2) is 6.15. The minimum atomic E-state index is -0.978. The fourth-order valence-corrected chi connectivity index (χ4v) is 2.79. The minimum Gasteiger partial charge on any atom is -0.478 e. The van der Waals surface area contributed by atoms with Crippen molar-refractivity contribution >= 4 is 17.3 Å². The molecular formula is C15H19N5O2. The zero-order valence-corrected chi connectivity index (χ0v) is 12.4. The van der Waals surface area contributed by atoms with Crippen LogP contribution >= 0.6 is 0 Å². The summed E-state index contributed by atoms with van der Waals surface area (Å²) in [5.41, 5.74) is 2.49. The number of rotatable bonds is 4. The van der Waals surface area contributed by atoms with E-state index < -0.39 is 5.97 Å². The lowest BCUT2D eigenvalue weighted by Gasteiger charge is -2.24. The van der Waals surface area contributed by atoms with Crippen LogP contribution in [-0.2, 0) is 0 Å². The summed E-state index contributed by atoms with van der Waals surface area (Å²) in [5, 5.41) is 20.2. The summed E-state index contributed by atoms with van der Waals surface area (Å²) < 4.78 is 2.03. The van der Waals surface area contributed by atoms with E-state index in [4.69, 9.17) is 0 Å². The second-order valence-electron chi connectivity index (χ2n) is 5.42. The van der Waals surface area contributed by atoms with Gasteiger partial charge in [0.25, 0.3) is 0 Å². The second-order valence-corrected chi connectivity index (χ2v) is 5.42. The highest BCUT2D eigenvalue weighted by Gasteiger charge is 2.19. The van der Waals surface area contributed by atoms with Gasteiger partial charge in [0.05, 0.1) is 41.1 Å². The third-order valence-corrected chi connectivity index (χ3v) is 4.02. The number of nitrogens with zero attached hydrogens (tertiary/aromatic N) is 3. The van der Waals surface area contributed by atoms with Crippen molar-refractivity contribution in [3.8, 4) is 0 Å². The maximum atomic E-state index is 11.3. The lowest BCUT2D eigenvalue weighted by Crippen LogP contribution is -2.30. The summed E-state index contributed by atoms with van der Waals surface area (Å²) in [5.74, 6) is -0.978. The first-order valence-electron chi connectivity index (χ1n) is 7.36. The van der Waals surface area contributed by atoms with E-state index in [1.807, 2.05) is 11.6 Å². The van der Waals surface area contributed by atoms with Crippen LogP contribution in [0.4, 0.5) is 11.4 Å². The summed E-state index contributed by atoms with van der Waals surface area (Å²) in [6.45, 7) is 3.99. The smallest absolute Gasteiger partial charge is 0.337 e. The molecule has 1 aliphatic rings. The van der Waals surface area contributed by atoms with Crippen LogP contribution in [0.25, 0.3) is 0 Å². The van der Waals surface area contributed by atoms with Crippen LogP contribution in [0.2, 0.25) is 0 Å². The number of hydrogen-bond acceptors (Lipinski definition) is 5. The molecule has 7 heteroatoms. The Labute approximate surface area is 128 Å². The van der Waals surface area contributed by atoms with Crippen molar-refractivity contribution in [2.45, 2.75) is 25.8 Å². The zero-order valence-electron chi connectivity index (χ0n) is 12.4. The molecule has 0 bridgehead atoms. The number of carboxylic acids is 1. The summed E-state index contributed by atoms with van der Waals surface area (Å²) in [4.78, 5) is 15.2. The maximum Gasteiger partial charge on any atom is 0.337 e. The summed E-state index contributed by atoms with van der Waals surface area (Å²) in [7, 11) is 0. The van der Waals surface area contributed by atoms with Gasteiger partial charge in [-0.1, -0.05) is 0 Å². The van der Waals surface area contributed by atoms with Crippen LogP contribution in [0.3, 0.4) is 0 Å². The number of piperidine rings is 1. The first-order valence-corrected chi connectivity index (χ1v) is 7.36. The van der Waals surface area contributed by atoms with Crippen LogP contribution in [0.15, 0.2) is 24.7 Å². The van der Waals surface area contributed by atoms with Crippen LogP contribution in [0, 0.1) is 6.92 Å². The Hall–Kier alpha value is -2.41. The van der Waals surface area contributed by atoms with E-state index >= 15 is 0 Å². The van der Waals surface area contributed by atoms with Crippen molar-refractivity contribution in [1.82, 2.24) is 20.1 Å². The third-order valence-electron chi connectivity index (χ3n) is 4.02. The molecule has 0 spiro atoms. The van der Waals surface area contributed by atoms with E-state index in [0.29, 0.717) is 11.7 Å². The molecule has 116 valence electrons. The van der Waals surface area contributed by atoms with Gasteiger partial charge in [-0.15, -0.1) is 0 Å². The molecule has 3 heterocycles. The number of nitrogens with one attached hydrogen (secondary N) is 2. The lowest BCUT2D eigenvalue weighted by atomic mass is 10.1. The summed E-state index contributed by atoms with van der Waals surface area (Å²) >= 11 is 0. The van der Waals surface area contributed by atoms with Gasteiger partial charge in [0.2, 0.25) is 0 Å². The molecule has 0 radical (unpaired) electrons. The number of aromatic carboxylic acids is 1. The van der Waals surface area contributed by atoms with Crippen LogP contribution in [0.1, 0.15) is 34.9 Å². The standard InChI is InChI=1S/C15H19N5O2/c1-10-13(9-18-20(10)11-2-5-16-6-3-11)19-14-8-17-7-4-12(14)15(21)22/h4,7-9,11,16,19H,2-3,5-6H2,1H3,(H,21,22). The minimum absolute atomic E-state index is 0.198. The van der Waals surface area contributed by atoms with Gasteiger partial charge in [0.1, 0.15) is 0 Å². The van der Waals surface area contributed by atoms with E-state index in [2.05, 4.69) is 20.7 Å². The van der Waals surface area contributed by atoms with Crippen molar-refractivity contribution in [3.05, 3.63) is 35.9 Å². The summed E-state index contributed by atoms with van der Waals surface area (Å²) in [6.07, 6.45) is 6.84. The Morgan fingerprint density at radius 1 is 1.36 bits per heavy atom. The molecule has 2 aromatic heterocycles. The van der Waals surface area contributed by atoms with Crippen molar-refractivity contribution in [2.75, 3.05) is 18.4 Å². The van der Waals surface area contributed by atoms with E-state index in [0.717, 1.165) is 37.3 Å². The number of pyridine rings is 1. The number of carboxylic acid groups (broad SMARTS) is 1. The normalized spacial score (nSPS) is 15.7. The van der Waals surface area contributed by atoms with Gasteiger partial charge < -0.3 is 15.7 Å². The van der Waals surface area contributed by atoms with Crippen molar-refractivity contribution in [2.24, 2.45) is 0 Å². The van der Waals surface area contributed by atoms with Crippen LogP contribution < -0.4 is 10.6 Å². The number of carbonyl (C=O) groups is 1. The molecule has 1 saturated heterocycles. The van der Waals surface area contributed by atoms with Gasteiger partial charge in [-0.3, -0.25) is 9.67 Å². The average molecular weight is 301 g/mol. The fourth-order valence-electron chi connectivity index (χ4n) is 2.79. The van der Waals surface area contributed by atoms with E-state index in [1.165, 1.54) is 18.5 Å². The quantitative estimate of drug-likeness (QED) is 0.799. The highest BCUT2D eigenvalue weighted by Crippen LogP contribution is 2.27. The Bertz CT molecular complexity index is 676. The Morgan fingerprint density at radius 2 is 2.14 bits per heavy atom. The topological polar surface area (TPSA) is 92.1 Å². The Balaban J connectivity index is 1.85. The SMILES string of the molecule is Cc1c(Nc2cnccc2C(=O)O)cnn1C1CCNCC1. The van der Waals surface area contributed by atoms with Crippen molar-refractivity contribution < 1.29 is 9.90 Å². The summed E-state index contributed by atoms with van der Waals surface area (Å²) in [6, 6.07) is 1.88. The predicted molar refractivity (Wildman–Crippen MR) is 82.6 cm³/mol. The number of anilines is 2. The molecule has 0 unspecified atom stereocenters. The molecule has 7 nitrogen and oxygen atoms in total. The molecule has 0 amide bonds. The average Bonchev–Trinajstić information content (AvgIpc) is 2.89. The fraction of sp³-hybridized carbons (Fsp3) is 0.400. The molecule has 0 aromatic carbocycles. The molecule has 0 aliphatic carbocycles. The van der Waals surface area contributed by atoms with E-state index in [-0.39, 0.29) is 5.56 Å². The van der Waals surface area contributed by atoms with Gasteiger partial charge in [-0.2, -0.15) is 5.10 Å². The van der Waals surface area contributed by atoms with E-state index in [9.17, 15) is 9.90 Å². The molecule has 22 heavy (non-hydrogen) atoms. The molecule has 1 fully saturated rings. The van der Waals surface area contributed by atoms with Crippen LogP contribution in [-0.4, -0.2) is 38.9 Å². The van der Waals surface area contributed by atoms with Gasteiger partial charge in [-0.05, 0) is 38.9 Å². The van der Waals surface area contributed by atoms with Crippen molar-refractivity contribution in [3.63, 3.8) is 0 Å². The highest BCUT2D eigenvalue weighted by atomic mass is 16.4.